The number of carbonyl (C=O) groups is 1. The van der Waals surface area contributed by atoms with Crippen molar-refractivity contribution in [2.75, 3.05) is 10.6 Å². The summed E-state index contributed by atoms with van der Waals surface area (Å²) in [6.45, 7) is 0.702. The molecule has 0 saturated heterocycles. The highest BCUT2D eigenvalue weighted by Gasteiger charge is 2.13. The highest BCUT2D eigenvalue weighted by Crippen LogP contribution is 2.26. The van der Waals surface area contributed by atoms with Crippen LogP contribution in [0.2, 0.25) is 0 Å². The van der Waals surface area contributed by atoms with Gasteiger partial charge in [-0.25, -0.2) is 0 Å². The first-order valence-electron chi connectivity index (χ1n) is 7.66. The van der Waals surface area contributed by atoms with Crippen LogP contribution in [0.1, 0.15) is 24.0 Å². The van der Waals surface area contributed by atoms with Gasteiger partial charge in [-0.2, -0.15) is 8.75 Å². The normalized spacial score (nSPS) is 14.2. The number of fused-ring (bicyclic) bond motifs is 2. The van der Waals surface area contributed by atoms with Gasteiger partial charge in [-0.1, -0.05) is 12.1 Å². The maximum atomic E-state index is 11.6. The lowest BCUT2D eigenvalue weighted by molar-refractivity contribution is -0.116. The molecule has 23 heavy (non-hydrogen) atoms. The molecule has 2 N–H and O–H groups in total. The molecule has 5 nitrogen and oxygen atoms in total. The Morgan fingerprint density at radius 1 is 1.17 bits per heavy atom. The number of aryl methyl sites for hydroxylation is 1. The SMILES string of the molecule is O=C1CCCc2cc(NCc3cccc4nsnc34)ccc2N1. The number of aromatic nitrogens is 2. The lowest BCUT2D eigenvalue weighted by Crippen LogP contribution is -2.09. The molecule has 0 aliphatic carbocycles. The zero-order valence-electron chi connectivity index (χ0n) is 12.5. The van der Waals surface area contributed by atoms with Gasteiger partial charge in [-0.3, -0.25) is 4.79 Å². The third kappa shape index (κ3) is 2.90. The standard InChI is InChI=1S/C17H16N4OS/c22-16-6-2-3-11-9-13(7-8-14(11)19-16)18-10-12-4-1-5-15-17(12)21-23-20-15/h1,4-5,7-9,18H,2-3,6,10H2,(H,19,22). The van der Waals surface area contributed by atoms with E-state index in [0.717, 1.165) is 40.8 Å². The fourth-order valence-corrected chi connectivity index (χ4v) is 3.46. The summed E-state index contributed by atoms with van der Waals surface area (Å²) in [5.74, 6) is 0.104. The molecule has 1 aliphatic rings. The molecule has 1 amide bonds. The summed E-state index contributed by atoms with van der Waals surface area (Å²) in [7, 11) is 0. The van der Waals surface area contributed by atoms with Crippen LogP contribution in [-0.2, 0) is 17.8 Å². The Morgan fingerprint density at radius 3 is 3.09 bits per heavy atom. The van der Waals surface area contributed by atoms with E-state index in [4.69, 9.17) is 0 Å². The topological polar surface area (TPSA) is 66.9 Å². The van der Waals surface area contributed by atoms with Crippen LogP contribution in [0.3, 0.4) is 0 Å². The minimum Gasteiger partial charge on any atom is -0.381 e. The second-order valence-electron chi connectivity index (χ2n) is 5.68. The van der Waals surface area contributed by atoms with Crippen molar-refractivity contribution < 1.29 is 4.79 Å². The number of anilines is 2. The monoisotopic (exact) mass is 324 g/mol. The van der Waals surface area contributed by atoms with Crippen molar-refractivity contribution >= 4 is 40.0 Å². The fourth-order valence-electron chi connectivity index (χ4n) is 2.89. The third-order valence-electron chi connectivity index (χ3n) is 4.08. The molecule has 2 heterocycles. The predicted octanol–water partition coefficient (Wildman–Crippen LogP) is 3.58. The van der Waals surface area contributed by atoms with Crippen molar-refractivity contribution in [1.82, 2.24) is 8.75 Å². The van der Waals surface area contributed by atoms with E-state index in [9.17, 15) is 4.79 Å². The molecule has 4 rings (SSSR count). The van der Waals surface area contributed by atoms with E-state index >= 15 is 0 Å². The summed E-state index contributed by atoms with van der Waals surface area (Å²) in [5.41, 5.74) is 6.23. The molecule has 2 aromatic carbocycles. The van der Waals surface area contributed by atoms with Crippen LogP contribution in [0.15, 0.2) is 36.4 Å². The molecule has 0 spiro atoms. The summed E-state index contributed by atoms with van der Waals surface area (Å²) in [5, 5.41) is 6.41. The van der Waals surface area contributed by atoms with E-state index in [1.807, 2.05) is 24.3 Å². The van der Waals surface area contributed by atoms with Crippen molar-refractivity contribution in [2.24, 2.45) is 0 Å². The van der Waals surface area contributed by atoms with E-state index in [-0.39, 0.29) is 5.91 Å². The first-order chi connectivity index (χ1) is 11.3. The van der Waals surface area contributed by atoms with E-state index in [1.54, 1.807) is 0 Å². The number of nitrogens with zero attached hydrogens (tertiary/aromatic N) is 2. The van der Waals surface area contributed by atoms with Crippen LogP contribution in [-0.4, -0.2) is 14.7 Å². The van der Waals surface area contributed by atoms with Crippen molar-refractivity contribution in [2.45, 2.75) is 25.8 Å². The Balaban J connectivity index is 1.54. The van der Waals surface area contributed by atoms with Crippen molar-refractivity contribution in [3.63, 3.8) is 0 Å². The number of benzene rings is 2. The molecule has 6 heteroatoms. The van der Waals surface area contributed by atoms with Crippen LogP contribution in [0.4, 0.5) is 11.4 Å². The lowest BCUT2D eigenvalue weighted by atomic mass is 10.1. The molecule has 0 bridgehead atoms. The average Bonchev–Trinajstić information content (AvgIpc) is 2.96. The van der Waals surface area contributed by atoms with Crippen molar-refractivity contribution in [1.29, 1.82) is 0 Å². The molecular weight excluding hydrogens is 308 g/mol. The molecule has 0 atom stereocenters. The first-order valence-corrected chi connectivity index (χ1v) is 8.39. The minimum absolute atomic E-state index is 0.104. The summed E-state index contributed by atoms with van der Waals surface area (Å²) < 4.78 is 8.64. The molecule has 0 radical (unpaired) electrons. The van der Waals surface area contributed by atoms with Gasteiger partial charge in [0.15, 0.2) is 0 Å². The summed E-state index contributed by atoms with van der Waals surface area (Å²) >= 11 is 1.24. The van der Waals surface area contributed by atoms with Gasteiger partial charge in [0.2, 0.25) is 5.91 Å². The quantitative estimate of drug-likeness (QED) is 0.773. The summed E-state index contributed by atoms with van der Waals surface area (Å²) in [6, 6.07) is 12.2. The maximum absolute atomic E-state index is 11.6. The molecule has 0 saturated carbocycles. The van der Waals surface area contributed by atoms with Gasteiger partial charge < -0.3 is 10.6 Å². The van der Waals surface area contributed by atoms with E-state index in [1.165, 1.54) is 17.3 Å². The number of hydrogen-bond donors (Lipinski definition) is 2. The van der Waals surface area contributed by atoms with E-state index < -0.39 is 0 Å². The lowest BCUT2D eigenvalue weighted by Gasteiger charge is -2.11. The Kier molecular flexibility index (Phi) is 3.67. The van der Waals surface area contributed by atoms with Crippen molar-refractivity contribution in [3.8, 4) is 0 Å². The zero-order chi connectivity index (χ0) is 15.6. The third-order valence-corrected chi connectivity index (χ3v) is 4.62. The minimum atomic E-state index is 0.104. The smallest absolute Gasteiger partial charge is 0.224 e. The number of nitrogens with one attached hydrogen (secondary N) is 2. The maximum Gasteiger partial charge on any atom is 0.224 e. The Hall–Kier alpha value is -2.47. The predicted molar refractivity (Wildman–Crippen MR) is 92.8 cm³/mol. The van der Waals surface area contributed by atoms with Gasteiger partial charge in [0.05, 0.1) is 11.7 Å². The molecule has 1 aromatic heterocycles. The van der Waals surface area contributed by atoms with Gasteiger partial charge in [0.25, 0.3) is 0 Å². The van der Waals surface area contributed by atoms with Crippen LogP contribution < -0.4 is 10.6 Å². The Morgan fingerprint density at radius 2 is 2.13 bits per heavy atom. The van der Waals surface area contributed by atoms with Gasteiger partial charge in [-0.15, -0.1) is 0 Å². The number of rotatable bonds is 3. The van der Waals surface area contributed by atoms with Crippen LogP contribution in [0.5, 0.6) is 0 Å². The highest BCUT2D eigenvalue weighted by molar-refractivity contribution is 7.00. The van der Waals surface area contributed by atoms with Gasteiger partial charge in [0.1, 0.15) is 11.0 Å². The Labute approximate surface area is 138 Å². The second kappa shape index (κ2) is 5.96. The number of carbonyl (C=O) groups excluding carboxylic acids is 1. The van der Waals surface area contributed by atoms with E-state index in [0.29, 0.717) is 13.0 Å². The van der Waals surface area contributed by atoms with Crippen LogP contribution in [0, 0.1) is 0 Å². The highest BCUT2D eigenvalue weighted by atomic mass is 32.1. The van der Waals surface area contributed by atoms with Crippen molar-refractivity contribution in [3.05, 3.63) is 47.5 Å². The number of amides is 1. The molecule has 0 fully saturated rings. The van der Waals surface area contributed by atoms with Gasteiger partial charge in [0, 0.05) is 29.9 Å². The van der Waals surface area contributed by atoms with Gasteiger partial charge >= 0.3 is 0 Å². The fraction of sp³-hybridized carbons (Fsp3) is 0.235. The summed E-state index contributed by atoms with van der Waals surface area (Å²) in [6.07, 6.45) is 2.41. The first kappa shape index (κ1) is 14.1. The zero-order valence-corrected chi connectivity index (χ0v) is 13.3. The molecule has 0 unspecified atom stereocenters. The molecular formula is C17H16N4OS. The molecule has 1 aliphatic heterocycles. The molecule has 3 aromatic rings. The van der Waals surface area contributed by atoms with Crippen LogP contribution in [0.25, 0.3) is 11.0 Å². The molecule has 116 valence electrons. The summed E-state index contributed by atoms with van der Waals surface area (Å²) in [4.78, 5) is 11.6. The Bertz CT molecular complexity index is 874. The average molecular weight is 324 g/mol. The van der Waals surface area contributed by atoms with E-state index in [2.05, 4.69) is 31.5 Å². The largest absolute Gasteiger partial charge is 0.381 e. The number of hydrogen-bond acceptors (Lipinski definition) is 5. The van der Waals surface area contributed by atoms with Crippen LogP contribution >= 0.6 is 11.7 Å². The second-order valence-corrected chi connectivity index (χ2v) is 6.20. The van der Waals surface area contributed by atoms with Gasteiger partial charge in [-0.05, 0) is 42.7 Å².